The van der Waals surface area contributed by atoms with Gasteiger partial charge in [-0.15, -0.1) is 0 Å². The molecular weight excluding hydrogens is 288 g/mol. The molecule has 1 aliphatic carbocycles. The van der Waals surface area contributed by atoms with Crippen LogP contribution in [0.15, 0.2) is 0 Å². The summed E-state index contributed by atoms with van der Waals surface area (Å²) >= 11 is 0. The maximum atomic E-state index is 12.4. The second-order valence-corrected chi connectivity index (χ2v) is 7.48. The number of Topliss-reactive ketones (excluding diaryl/α,β-unsaturated/α-hetero) is 1. The SMILES string of the molecule is CCCC(=O)C(CCCC1CCCCC1)COC1CCCCO1. The zero-order valence-electron chi connectivity index (χ0n) is 15.1. The molecule has 1 saturated heterocycles. The molecule has 0 aromatic rings. The van der Waals surface area contributed by atoms with E-state index >= 15 is 0 Å². The summed E-state index contributed by atoms with van der Waals surface area (Å²) in [5, 5.41) is 0. The van der Waals surface area contributed by atoms with Crippen molar-refractivity contribution in [3.8, 4) is 0 Å². The van der Waals surface area contributed by atoms with E-state index in [1.54, 1.807) is 0 Å². The van der Waals surface area contributed by atoms with Gasteiger partial charge in [-0.2, -0.15) is 0 Å². The van der Waals surface area contributed by atoms with Crippen LogP contribution in [0.3, 0.4) is 0 Å². The molecule has 0 aromatic carbocycles. The molecule has 1 heterocycles. The average molecular weight is 325 g/mol. The summed E-state index contributed by atoms with van der Waals surface area (Å²) in [7, 11) is 0. The van der Waals surface area contributed by atoms with Crippen molar-refractivity contribution in [3.05, 3.63) is 0 Å². The van der Waals surface area contributed by atoms with Crippen LogP contribution in [0.25, 0.3) is 0 Å². The predicted molar refractivity (Wildman–Crippen MR) is 93.4 cm³/mol. The van der Waals surface area contributed by atoms with Gasteiger partial charge in [0.05, 0.1) is 6.61 Å². The molecule has 1 saturated carbocycles. The topological polar surface area (TPSA) is 35.5 Å². The molecular formula is C20H36O3. The molecule has 0 aromatic heterocycles. The van der Waals surface area contributed by atoms with Crippen molar-refractivity contribution >= 4 is 5.78 Å². The Morgan fingerprint density at radius 1 is 1.13 bits per heavy atom. The molecule has 2 atom stereocenters. The van der Waals surface area contributed by atoms with E-state index in [0.717, 1.165) is 38.2 Å². The largest absolute Gasteiger partial charge is 0.353 e. The summed E-state index contributed by atoms with van der Waals surface area (Å²) in [5.41, 5.74) is 0. The summed E-state index contributed by atoms with van der Waals surface area (Å²) in [4.78, 5) is 12.4. The number of ketones is 1. The van der Waals surface area contributed by atoms with Gasteiger partial charge in [-0.3, -0.25) is 4.79 Å². The summed E-state index contributed by atoms with van der Waals surface area (Å²) in [6.07, 6.45) is 15.4. The van der Waals surface area contributed by atoms with Crippen LogP contribution < -0.4 is 0 Å². The van der Waals surface area contributed by atoms with Crippen LogP contribution in [0.5, 0.6) is 0 Å². The highest BCUT2D eigenvalue weighted by Crippen LogP contribution is 2.29. The minimum atomic E-state index is -0.0704. The van der Waals surface area contributed by atoms with E-state index in [0.29, 0.717) is 18.8 Å². The predicted octanol–water partition coefficient (Wildman–Crippen LogP) is 5.27. The molecule has 0 spiro atoms. The lowest BCUT2D eigenvalue weighted by atomic mass is 9.84. The van der Waals surface area contributed by atoms with Gasteiger partial charge < -0.3 is 9.47 Å². The Labute approximate surface area is 142 Å². The fraction of sp³-hybridized carbons (Fsp3) is 0.950. The lowest BCUT2D eigenvalue weighted by molar-refractivity contribution is -0.171. The van der Waals surface area contributed by atoms with E-state index in [1.165, 1.54) is 51.4 Å². The molecule has 0 N–H and O–H groups in total. The van der Waals surface area contributed by atoms with Gasteiger partial charge in [0.15, 0.2) is 6.29 Å². The highest BCUT2D eigenvalue weighted by molar-refractivity contribution is 5.81. The Hall–Kier alpha value is -0.410. The molecule has 0 amide bonds. The third kappa shape index (κ3) is 7.34. The molecule has 1 aliphatic heterocycles. The van der Waals surface area contributed by atoms with Gasteiger partial charge in [0.2, 0.25) is 0 Å². The summed E-state index contributed by atoms with van der Waals surface area (Å²) in [5.74, 6) is 1.39. The zero-order chi connectivity index (χ0) is 16.3. The third-order valence-electron chi connectivity index (χ3n) is 5.46. The van der Waals surface area contributed by atoms with Crippen molar-refractivity contribution in [2.45, 2.75) is 96.7 Å². The van der Waals surface area contributed by atoms with Crippen LogP contribution in [0.4, 0.5) is 0 Å². The third-order valence-corrected chi connectivity index (χ3v) is 5.46. The Kier molecular flexibility index (Phi) is 9.21. The molecule has 134 valence electrons. The lowest BCUT2D eigenvalue weighted by Crippen LogP contribution is -2.28. The quantitative estimate of drug-likeness (QED) is 0.549. The minimum Gasteiger partial charge on any atom is -0.353 e. The van der Waals surface area contributed by atoms with Crippen LogP contribution >= 0.6 is 0 Å². The number of carbonyl (C=O) groups is 1. The fourth-order valence-corrected chi connectivity index (χ4v) is 3.98. The van der Waals surface area contributed by atoms with E-state index in [1.807, 2.05) is 0 Å². The van der Waals surface area contributed by atoms with Crippen LogP contribution in [-0.4, -0.2) is 25.3 Å². The first-order chi connectivity index (χ1) is 11.3. The molecule has 3 heteroatoms. The Morgan fingerprint density at radius 2 is 1.91 bits per heavy atom. The molecule has 3 nitrogen and oxygen atoms in total. The molecule has 2 fully saturated rings. The van der Waals surface area contributed by atoms with Crippen LogP contribution in [0.1, 0.15) is 90.4 Å². The summed E-state index contributed by atoms with van der Waals surface area (Å²) in [6.45, 7) is 3.45. The smallest absolute Gasteiger partial charge is 0.157 e. The van der Waals surface area contributed by atoms with Crippen LogP contribution in [0.2, 0.25) is 0 Å². The van der Waals surface area contributed by atoms with Crippen molar-refractivity contribution in [2.24, 2.45) is 11.8 Å². The van der Waals surface area contributed by atoms with E-state index in [2.05, 4.69) is 6.92 Å². The van der Waals surface area contributed by atoms with Gasteiger partial charge in [-0.25, -0.2) is 0 Å². The van der Waals surface area contributed by atoms with Crippen molar-refractivity contribution in [1.82, 2.24) is 0 Å². The second kappa shape index (κ2) is 11.2. The standard InChI is InChI=1S/C20H36O3/c1-2-9-19(21)18(16-23-20-14-6-7-15-22-20)13-8-12-17-10-4-3-5-11-17/h17-18,20H,2-16H2,1H3. The van der Waals surface area contributed by atoms with Gasteiger partial charge in [-0.1, -0.05) is 51.9 Å². The van der Waals surface area contributed by atoms with E-state index in [4.69, 9.17) is 9.47 Å². The average Bonchev–Trinajstić information content (AvgIpc) is 2.60. The molecule has 0 bridgehead atoms. The van der Waals surface area contributed by atoms with Gasteiger partial charge in [-0.05, 0) is 38.0 Å². The van der Waals surface area contributed by atoms with Gasteiger partial charge >= 0.3 is 0 Å². The fourth-order valence-electron chi connectivity index (χ4n) is 3.98. The zero-order valence-corrected chi connectivity index (χ0v) is 15.1. The van der Waals surface area contributed by atoms with Crippen LogP contribution in [0, 0.1) is 11.8 Å². The number of rotatable bonds is 10. The van der Waals surface area contributed by atoms with Gasteiger partial charge in [0, 0.05) is 18.9 Å². The van der Waals surface area contributed by atoms with E-state index in [-0.39, 0.29) is 12.2 Å². The van der Waals surface area contributed by atoms with Crippen molar-refractivity contribution in [1.29, 1.82) is 0 Å². The number of carbonyl (C=O) groups excluding carboxylic acids is 1. The van der Waals surface area contributed by atoms with E-state index < -0.39 is 0 Å². The van der Waals surface area contributed by atoms with Gasteiger partial charge in [0.25, 0.3) is 0 Å². The number of hydrogen-bond donors (Lipinski definition) is 0. The Morgan fingerprint density at radius 3 is 2.61 bits per heavy atom. The highest BCUT2D eigenvalue weighted by Gasteiger charge is 2.22. The normalized spacial score (nSPS) is 24.5. The molecule has 0 radical (unpaired) electrons. The lowest BCUT2D eigenvalue weighted by Gasteiger charge is -2.26. The molecule has 2 unspecified atom stereocenters. The molecule has 2 aliphatic rings. The highest BCUT2D eigenvalue weighted by atomic mass is 16.7. The van der Waals surface area contributed by atoms with Crippen LogP contribution in [-0.2, 0) is 14.3 Å². The van der Waals surface area contributed by atoms with Gasteiger partial charge in [0.1, 0.15) is 5.78 Å². The number of hydrogen-bond acceptors (Lipinski definition) is 3. The molecule has 2 rings (SSSR count). The van der Waals surface area contributed by atoms with E-state index in [9.17, 15) is 4.79 Å². The van der Waals surface area contributed by atoms with Crippen molar-refractivity contribution in [3.63, 3.8) is 0 Å². The summed E-state index contributed by atoms with van der Waals surface area (Å²) in [6, 6.07) is 0. The first-order valence-electron chi connectivity index (χ1n) is 10.1. The monoisotopic (exact) mass is 324 g/mol. The maximum absolute atomic E-state index is 12.4. The minimum absolute atomic E-state index is 0.0704. The Balaban J connectivity index is 1.70. The first-order valence-corrected chi connectivity index (χ1v) is 10.1. The molecule has 23 heavy (non-hydrogen) atoms. The second-order valence-electron chi connectivity index (χ2n) is 7.48. The Bertz CT molecular complexity index is 317. The van der Waals surface area contributed by atoms with Crippen molar-refractivity contribution < 1.29 is 14.3 Å². The first kappa shape index (κ1) is 18.9. The van der Waals surface area contributed by atoms with Crippen molar-refractivity contribution in [2.75, 3.05) is 13.2 Å². The number of ether oxygens (including phenoxy) is 2. The summed E-state index contributed by atoms with van der Waals surface area (Å²) < 4.78 is 11.5. The maximum Gasteiger partial charge on any atom is 0.157 e.